The first-order valence-corrected chi connectivity index (χ1v) is 47.5. The van der Waals surface area contributed by atoms with Crippen molar-refractivity contribution >= 4 is 182 Å². The van der Waals surface area contributed by atoms with Gasteiger partial charge >= 0.3 is 0 Å². The molecule has 0 saturated heterocycles. The van der Waals surface area contributed by atoms with Crippen LogP contribution in [0.4, 0.5) is 51.2 Å². The lowest BCUT2D eigenvalue weighted by Gasteiger charge is -2.30. The largest absolute Gasteiger partial charge is 0.454 e. The van der Waals surface area contributed by atoms with Gasteiger partial charge in [0.1, 0.15) is 16.7 Å². The van der Waals surface area contributed by atoms with Crippen LogP contribution in [0.25, 0.3) is 164 Å². The molecule has 0 spiro atoms. The Balaban J connectivity index is 0.582. The molecule has 3 heterocycles. The van der Waals surface area contributed by atoms with Crippen molar-refractivity contribution < 1.29 is 13.3 Å². The van der Waals surface area contributed by atoms with Gasteiger partial charge in [-0.2, -0.15) is 0 Å². The zero-order valence-corrected chi connectivity index (χ0v) is 76.9. The first-order valence-electron chi connectivity index (χ1n) is 47.5. The van der Waals surface area contributed by atoms with E-state index in [0.29, 0.717) is 6.42 Å². The SMILES string of the molecule is Cc1ccccc1N(c1ccc2cc3c(cc2c1)C(C)(C)c1ccc2ccccc2c1-3)c1cc(Cc2ccc(N(c3ccc4cc5c(cc4c3)C(C)(C)c3ccc4ccccc4c3-5)c3cc(CC(C)(C)c4ccc(N(c5ccc6cc7c(cc6c5)C(C)(C)c5ccc6ccccc6c5-7)c5cccc6c5oc5ccccc56)cc4)cc4c3oc3ccccc34)cc2)cc2c1oc1ccccc12. The average molecular weight is 1740 g/mol. The third kappa shape index (κ3) is 12.0. The van der Waals surface area contributed by atoms with E-state index in [1.165, 1.54) is 154 Å². The Kier molecular flexibility index (Phi) is 16.9. The van der Waals surface area contributed by atoms with E-state index in [4.69, 9.17) is 13.3 Å². The Morgan fingerprint density at radius 2 is 0.585 bits per heavy atom. The van der Waals surface area contributed by atoms with Gasteiger partial charge in [0.25, 0.3) is 0 Å². The number of hydrogen-bond donors (Lipinski definition) is 0. The van der Waals surface area contributed by atoms with Gasteiger partial charge in [0, 0.05) is 82.7 Å². The van der Waals surface area contributed by atoms with E-state index in [1.54, 1.807) is 0 Å². The Labute approximate surface area is 783 Å². The number of aryl methyl sites for hydroxylation is 1. The number of rotatable bonds is 14. The summed E-state index contributed by atoms with van der Waals surface area (Å²) in [5.41, 5.74) is 35.3. The molecule has 0 fully saturated rings. The minimum Gasteiger partial charge on any atom is -0.454 e. The van der Waals surface area contributed by atoms with Gasteiger partial charge in [0.05, 0.1) is 17.1 Å². The molecule has 0 radical (unpaired) electrons. The first kappa shape index (κ1) is 78.8. The highest BCUT2D eigenvalue weighted by atomic mass is 16.3. The standard InChI is InChI=1S/C129H95N3O3/c1-76-25-10-20-36-113(76)132(94-55-45-85-71-106-112(74-88(85)68-94)129(8,9)109-60-48-82-28-13-16-31-97(82)122(106)109)116-64-78(62-102-99-33-18-22-39-118(99)135-125(102)116)61-77-41-51-90(52-42-77)131(93-54-44-84-70-105-111(73-87(84)67-93)128(6,7)108-59-47-81-27-12-15-30-96(81)121(105)108)115-65-79(63-103-100-34-19-23-40-119(100)134-124(103)115)75-126(2,3)89-49-56-91(57-50-89)130(114-37-24-35-101-98-32-17-21-38-117(98)133-123(101)114)92-53-43-83-69-104-110(72-86(83)66-92)127(4,5)107-58-46-80-26-11-14-29-95(80)120(104)107/h10-60,62-74H,61,75H2,1-9H3. The molecule has 0 aliphatic heterocycles. The van der Waals surface area contributed by atoms with Gasteiger partial charge in [-0.3, -0.25) is 0 Å². The van der Waals surface area contributed by atoms with E-state index in [2.05, 4.69) is 465 Å². The monoisotopic (exact) mass is 1730 g/mol. The summed E-state index contributed by atoms with van der Waals surface area (Å²) in [6.07, 6.45) is 1.37. The molecular formula is C129H95N3O3. The number of hydrogen-bond acceptors (Lipinski definition) is 6. The average Bonchev–Trinajstić information content (AvgIpc) is 1.56. The highest BCUT2D eigenvalue weighted by Gasteiger charge is 2.41. The fourth-order valence-electron chi connectivity index (χ4n) is 24.1. The molecule has 24 aromatic rings. The number of fused-ring (bicyclic) bond motifs is 27. The summed E-state index contributed by atoms with van der Waals surface area (Å²) < 4.78 is 21.4. The summed E-state index contributed by atoms with van der Waals surface area (Å²) in [5, 5.41) is 21.3. The lowest BCUT2D eigenvalue weighted by Crippen LogP contribution is -2.21. The van der Waals surface area contributed by atoms with Crippen molar-refractivity contribution in [2.75, 3.05) is 14.7 Å². The second-order valence-electron chi connectivity index (χ2n) is 40.5. The van der Waals surface area contributed by atoms with Gasteiger partial charge in [-0.25, -0.2) is 0 Å². The quantitative estimate of drug-likeness (QED) is 0.108. The van der Waals surface area contributed by atoms with Crippen molar-refractivity contribution in [3.05, 3.63) is 449 Å². The maximum absolute atomic E-state index is 7.33. The van der Waals surface area contributed by atoms with Crippen LogP contribution in [0.2, 0.25) is 0 Å². The van der Waals surface area contributed by atoms with Crippen molar-refractivity contribution in [3.8, 4) is 33.4 Å². The minimum absolute atomic E-state index is 0.197. The van der Waals surface area contributed by atoms with Crippen molar-refractivity contribution in [1.29, 1.82) is 0 Å². The van der Waals surface area contributed by atoms with Crippen molar-refractivity contribution in [2.24, 2.45) is 0 Å². The molecule has 3 aliphatic rings. The van der Waals surface area contributed by atoms with Crippen molar-refractivity contribution in [1.82, 2.24) is 0 Å². The van der Waals surface area contributed by atoms with Crippen molar-refractivity contribution in [2.45, 2.75) is 96.8 Å². The molecular weight excluding hydrogens is 1640 g/mol. The van der Waals surface area contributed by atoms with Crippen LogP contribution in [0.5, 0.6) is 0 Å². The summed E-state index contributed by atoms with van der Waals surface area (Å²) in [7, 11) is 0. The normalized spacial score (nSPS) is 13.9. The van der Waals surface area contributed by atoms with Crippen LogP contribution < -0.4 is 14.7 Å². The van der Waals surface area contributed by atoms with Crippen LogP contribution in [0.3, 0.4) is 0 Å². The summed E-state index contributed by atoms with van der Waals surface area (Å²) in [6, 6.07) is 146. The Morgan fingerprint density at radius 1 is 0.237 bits per heavy atom. The van der Waals surface area contributed by atoms with Crippen LogP contribution in [0, 0.1) is 6.92 Å². The zero-order valence-electron chi connectivity index (χ0n) is 76.9. The lowest BCUT2D eigenvalue weighted by molar-refractivity contribution is 0.522. The third-order valence-corrected chi connectivity index (χ3v) is 30.9. The zero-order chi connectivity index (χ0) is 90.4. The highest BCUT2D eigenvalue weighted by molar-refractivity contribution is 6.16. The Bertz CT molecular complexity index is 9230. The Hall–Kier alpha value is -16.0. The molecule has 0 unspecified atom stereocenters. The van der Waals surface area contributed by atoms with E-state index in [9.17, 15) is 0 Å². The van der Waals surface area contributed by atoms with Gasteiger partial charge in [-0.15, -0.1) is 0 Å². The summed E-state index contributed by atoms with van der Waals surface area (Å²) in [4.78, 5) is 7.33. The predicted molar refractivity (Wildman–Crippen MR) is 567 cm³/mol. The third-order valence-electron chi connectivity index (χ3n) is 30.9. The predicted octanol–water partition coefficient (Wildman–Crippen LogP) is 36.1. The van der Waals surface area contributed by atoms with E-state index in [1.807, 2.05) is 0 Å². The van der Waals surface area contributed by atoms with Gasteiger partial charge < -0.3 is 28.0 Å². The number of furan rings is 3. The van der Waals surface area contributed by atoms with Crippen LogP contribution in [-0.2, 0) is 34.5 Å². The van der Waals surface area contributed by atoms with Crippen LogP contribution in [0.15, 0.2) is 401 Å². The highest BCUT2D eigenvalue weighted by Crippen LogP contribution is 2.59. The molecule has 3 aliphatic carbocycles. The Morgan fingerprint density at radius 3 is 1.05 bits per heavy atom. The topological polar surface area (TPSA) is 49.1 Å². The van der Waals surface area contributed by atoms with Gasteiger partial charge in [-0.1, -0.05) is 292 Å². The van der Waals surface area contributed by atoms with E-state index >= 15 is 0 Å². The minimum atomic E-state index is -0.378. The fourth-order valence-corrected chi connectivity index (χ4v) is 24.1. The molecule has 644 valence electrons. The molecule has 6 heteroatoms. The van der Waals surface area contributed by atoms with E-state index in [0.717, 1.165) is 129 Å². The summed E-state index contributed by atoms with van der Waals surface area (Å²) in [6.45, 7) is 21.4. The molecule has 6 nitrogen and oxygen atoms in total. The van der Waals surface area contributed by atoms with Gasteiger partial charge in [0.2, 0.25) is 0 Å². The molecule has 0 saturated carbocycles. The molecule has 0 amide bonds. The van der Waals surface area contributed by atoms with E-state index < -0.39 is 0 Å². The van der Waals surface area contributed by atoms with Gasteiger partial charge in [-0.05, 0) is 336 Å². The summed E-state index contributed by atoms with van der Waals surface area (Å²) in [5.74, 6) is 0. The summed E-state index contributed by atoms with van der Waals surface area (Å²) >= 11 is 0. The van der Waals surface area contributed by atoms with Gasteiger partial charge in [0.15, 0.2) is 16.7 Å². The maximum atomic E-state index is 7.33. The second kappa shape index (κ2) is 29.0. The number of benzene rings is 21. The molecule has 27 rings (SSSR count). The molecule has 0 N–H and O–H groups in total. The molecule has 3 aromatic heterocycles. The van der Waals surface area contributed by atoms with Crippen molar-refractivity contribution in [3.63, 3.8) is 0 Å². The maximum Gasteiger partial charge on any atom is 0.159 e. The smallest absolute Gasteiger partial charge is 0.159 e. The number of nitrogens with zero attached hydrogens (tertiary/aromatic N) is 3. The second-order valence-corrected chi connectivity index (χ2v) is 40.5. The van der Waals surface area contributed by atoms with E-state index in [-0.39, 0.29) is 21.7 Å². The molecule has 0 atom stereocenters. The first-order chi connectivity index (χ1) is 65.8. The number of anilines is 9. The van der Waals surface area contributed by atoms with Crippen LogP contribution >= 0.6 is 0 Å². The molecule has 135 heavy (non-hydrogen) atoms. The van der Waals surface area contributed by atoms with Crippen LogP contribution in [-0.4, -0.2) is 0 Å². The molecule has 21 aromatic carbocycles. The lowest BCUT2D eigenvalue weighted by atomic mass is 9.79. The molecule has 0 bridgehead atoms. The van der Waals surface area contributed by atoms with Crippen LogP contribution in [0.1, 0.15) is 117 Å². The fraction of sp³-hybridized carbons (Fsp3) is 0.116. The number of para-hydroxylation sites is 5.